The van der Waals surface area contributed by atoms with E-state index < -0.39 is 4.92 Å². The van der Waals surface area contributed by atoms with Gasteiger partial charge in [0.15, 0.2) is 5.16 Å². The van der Waals surface area contributed by atoms with E-state index in [4.69, 9.17) is 0 Å². The molecule has 8 nitrogen and oxygen atoms in total. The molecule has 0 fully saturated rings. The van der Waals surface area contributed by atoms with E-state index in [9.17, 15) is 14.9 Å². The lowest BCUT2D eigenvalue weighted by Crippen LogP contribution is -2.11. The Bertz CT molecular complexity index is 1410. The first-order valence-corrected chi connectivity index (χ1v) is 11.7. The number of nitrogens with one attached hydrogen (secondary N) is 1. The van der Waals surface area contributed by atoms with E-state index in [1.165, 1.54) is 10.9 Å². The highest BCUT2D eigenvalue weighted by molar-refractivity contribution is 7.99. The number of rotatable bonds is 5. The van der Waals surface area contributed by atoms with E-state index in [0.717, 1.165) is 47.8 Å². The largest absolute Gasteiger partial charge is 0.306 e. The van der Waals surface area contributed by atoms with Crippen molar-refractivity contribution in [3.8, 4) is 0 Å². The van der Waals surface area contributed by atoms with Crippen molar-refractivity contribution in [2.75, 3.05) is 0 Å². The van der Waals surface area contributed by atoms with Crippen LogP contribution in [0.3, 0.4) is 0 Å². The summed E-state index contributed by atoms with van der Waals surface area (Å²) in [5.74, 6) is 0.430. The Morgan fingerprint density at radius 3 is 2.78 bits per heavy atom. The summed E-state index contributed by atoms with van der Waals surface area (Å²) < 4.78 is 0. The van der Waals surface area contributed by atoms with Crippen LogP contribution in [0.4, 0.5) is 5.69 Å². The van der Waals surface area contributed by atoms with Gasteiger partial charge in [-0.05, 0) is 66.8 Å². The van der Waals surface area contributed by atoms with E-state index in [-0.39, 0.29) is 11.2 Å². The third-order valence-corrected chi connectivity index (χ3v) is 7.34. The number of benzene rings is 1. The molecule has 3 aromatic heterocycles. The fourth-order valence-electron chi connectivity index (χ4n) is 3.74. The van der Waals surface area contributed by atoms with Crippen molar-refractivity contribution in [1.29, 1.82) is 0 Å². The quantitative estimate of drug-likeness (QED) is 0.255. The van der Waals surface area contributed by atoms with E-state index in [1.54, 1.807) is 54.1 Å². The van der Waals surface area contributed by atoms with Gasteiger partial charge in [0.1, 0.15) is 10.7 Å². The number of hydrogen-bond acceptors (Lipinski definition) is 8. The third kappa shape index (κ3) is 4.06. The second-order valence-corrected chi connectivity index (χ2v) is 9.39. The highest BCUT2D eigenvalue weighted by Crippen LogP contribution is 2.35. The first-order chi connectivity index (χ1) is 15.6. The lowest BCUT2D eigenvalue weighted by atomic mass is 9.97. The summed E-state index contributed by atoms with van der Waals surface area (Å²) in [4.78, 5) is 42.0. The Kier molecular flexibility index (Phi) is 5.54. The van der Waals surface area contributed by atoms with Gasteiger partial charge in [-0.2, -0.15) is 0 Å². The molecule has 0 saturated carbocycles. The van der Waals surface area contributed by atoms with E-state index in [1.807, 2.05) is 0 Å². The second kappa shape index (κ2) is 8.64. The summed E-state index contributed by atoms with van der Waals surface area (Å²) in [6.07, 6.45) is 10.7. The number of aromatic nitrogens is 4. The molecule has 0 bridgehead atoms. The molecule has 1 aromatic carbocycles. The van der Waals surface area contributed by atoms with Crippen molar-refractivity contribution in [1.82, 2.24) is 19.9 Å². The Morgan fingerprint density at radius 1 is 1.16 bits per heavy atom. The van der Waals surface area contributed by atoms with Crippen LogP contribution in [0.5, 0.6) is 0 Å². The molecule has 0 amide bonds. The monoisotopic (exact) mass is 463 g/mol. The zero-order valence-corrected chi connectivity index (χ0v) is 18.4. The van der Waals surface area contributed by atoms with Crippen molar-refractivity contribution < 1.29 is 4.92 Å². The smallest absolute Gasteiger partial charge is 0.283 e. The average molecular weight is 464 g/mol. The van der Waals surface area contributed by atoms with Gasteiger partial charge in [-0.25, -0.2) is 15.0 Å². The maximum atomic E-state index is 12.7. The molecule has 5 rings (SSSR count). The Hall–Kier alpha value is -3.37. The summed E-state index contributed by atoms with van der Waals surface area (Å²) in [7, 11) is 0. The minimum Gasteiger partial charge on any atom is -0.306 e. The molecule has 0 atom stereocenters. The SMILES string of the molecule is O=c1[nH]c(/C=C/c2ccc(Sc3ncccn3)c([N+](=O)[O-])c2)nc2sc3c(c12)CCCC3. The fraction of sp³-hybridized carbons (Fsp3) is 0.182. The van der Waals surface area contributed by atoms with Gasteiger partial charge in [0.05, 0.1) is 15.2 Å². The maximum absolute atomic E-state index is 12.7. The van der Waals surface area contributed by atoms with Crippen LogP contribution in [0.1, 0.15) is 34.7 Å². The van der Waals surface area contributed by atoms with Crippen LogP contribution < -0.4 is 5.56 Å². The molecule has 32 heavy (non-hydrogen) atoms. The van der Waals surface area contributed by atoms with Gasteiger partial charge in [0.25, 0.3) is 11.2 Å². The zero-order valence-electron chi connectivity index (χ0n) is 16.8. The van der Waals surface area contributed by atoms with E-state index in [2.05, 4.69) is 19.9 Å². The van der Waals surface area contributed by atoms with Crippen LogP contribution in [-0.2, 0) is 12.8 Å². The number of hydrogen-bond donors (Lipinski definition) is 1. The molecule has 0 radical (unpaired) electrons. The summed E-state index contributed by atoms with van der Waals surface area (Å²) in [5.41, 5.74) is 1.61. The lowest BCUT2D eigenvalue weighted by Gasteiger charge is -2.09. The highest BCUT2D eigenvalue weighted by Gasteiger charge is 2.20. The Morgan fingerprint density at radius 2 is 1.97 bits per heavy atom. The van der Waals surface area contributed by atoms with Crippen LogP contribution in [0.15, 0.2) is 51.5 Å². The van der Waals surface area contributed by atoms with Gasteiger partial charge in [0, 0.05) is 23.3 Å². The number of H-pyrrole nitrogens is 1. The molecule has 3 heterocycles. The highest BCUT2D eigenvalue weighted by atomic mass is 32.2. The summed E-state index contributed by atoms with van der Waals surface area (Å²) in [6, 6.07) is 6.62. The molecule has 1 aliphatic carbocycles. The molecule has 0 saturated heterocycles. The predicted molar refractivity (Wildman–Crippen MR) is 125 cm³/mol. The minimum absolute atomic E-state index is 0.0348. The molecule has 0 spiro atoms. The van der Waals surface area contributed by atoms with Crippen LogP contribution in [-0.4, -0.2) is 24.9 Å². The van der Waals surface area contributed by atoms with Crippen molar-refractivity contribution >= 4 is 51.2 Å². The first-order valence-electron chi connectivity index (χ1n) is 10.0. The Balaban J connectivity index is 1.45. The molecule has 1 N–H and O–H groups in total. The molecular weight excluding hydrogens is 446 g/mol. The van der Waals surface area contributed by atoms with Crippen molar-refractivity contribution in [3.05, 3.63) is 79.0 Å². The average Bonchev–Trinajstić information content (AvgIpc) is 3.18. The predicted octanol–water partition coefficient (Wildman–Crippen LogP) is 4.88. The van der Waals surface area contributed by atoms with Gasteiger partial charge in [-0.15, -0.1) is 11.3 Å². The van der Waals surface area contributed by atoms with E-state index >= 15 is 0 Å². The topological polar surface area (TPSA) is 115 Å². The fourth-order valence-corrected chi connectivity index (χ4v) is 5.81. The van der Waals surface area contributed by atoms with Gasteiger partial charge in [-0.3, -0.25) is 14.9 Å². The van der Waals surface area contributed by atoms with E-state index in [0.29, 0.717) is 26.8 Å². The third-order valence-electron chi connectivity index (χ3n) is 5.20. The van der Waals surface area contributed by atoms with Gasteiger partial charge in [0.2, 0.25) is 0 Å². The van der Waals surface area contributed by atoms with Crippen molar-refractivity contribution in [2.24, 2.45) is 0 Å². The number of thiophene rings is 1. The number of fused-ring (bicyclic) bond motifs is 3. The zero-order chi connectivity index (χ0) is 22.1. The summed E-state index contributed by atoms with van der Waals surface area (Å²) >= 11 is 2.73. The molecule has 160 valence electrons. The first kappa shape index (κ1) is 20.5. The number of aryl methyl sites for hydroxylation is 2. The molecule has 0 unspecified atom stereocenters. The molecule has 1 aliphatic rings. The van der Waals surface area contributed by atoms with Crippen molar-refractivity contribution in [3.63, 3.8) is 0 Å². The van der Waals surface area contributed by atoms with Crippen molar-refractivity contribution in [2.45, 2.75) is 35.7 Å². The molecule has 4 aromatic rings. The summed E-state index contributed by atoms with van der Waals surface area (Å²) in [6.45, 7) is 0. The van der Waals surface area contributed by atoms with Gasteiger partial charge in [-0.1, -0.05) is 12.1 Å². The minimum atomic E-state index is -0.426. The van der Waals surface area contributed by atoms with Crippen LogP contribution in [0.2, 0.25) is 0 Å². The number of aromatic amines is 1. The van der Waals surface area contributed by atoms with Crippen LogP contribution >= 0.6 is 23.1 Å². The normalized spacial score (nSPS) is 13.5. The molecule has 10 heteroatoms. The van der Waals surface area contributed by atoms with Crippen LogP contribution in [0, 0.1) is 10.1 Å². The lowest BCUT2D eigenvalue weighted by molar-refractivity contribution is -0.387. The standard InChI is InChI=1S/C22H17N5O3S2/c28-20-19-14-4-1-2-5-16(14)31-21(19)26-18(25-20)9-7-13-6-8-17(15(12-13)27(29)30)32-22-23-10-3-11-24-22/h3,6-12H,1-2,4-5H2,(H,25,26,28)/b9-7+. The second-order valence-electron chi connectivity index (χ2n) is 7.29. The molecule has 0 aliphatic heterocycles. The van der Waals surface area contributed by atoms with Gasteiger partial charge < -0.3 is 4.98 Å². The number of nitro groups is 1. The molecular formula is C22H17N5O3S2. The number of nitrogens with zero attached hydrogens (tertiary/aromatic N) is 4. The Labute approximate surface area is 190 Å². The van der Waals surface area contributed by atoms with Crippen LogP contribution in [0.25, 0.3) is 22.4 Å². The summed E-state index contributed by atoms with van der Waals surface area (Å²) in [5, 5.41) is 12.7. The number of nitro benzene ring substituents is 1. The van der Waals surface area contributed by atoms with Gasteiger partial charge >= 0.3 is 0 Å². The maximum Gasteiger partial charge on any atom is 0.283 e.